The van der Waals surface area contributed by atoms with Crippen molar-refractivity contribution in [2.45, 2.75) is 52.4 Å². The van der Waals surface area contributed by atoms with Crippen LogP contribution < -0.4 is 15.6 Å². The Morgan fingerprint density at radius 2 is 1.28 bits per heavy atom. The van der Waals surface area contributed by atoms with Crippen molar-refractivity contribution in [1.29, 1.82) is 0 Å². The lowest BCUT2D eigenvalue weighted by Crippen LogP contribution is -2.35. The molecule has 280 valence electrons. The monoisotopic (exact) mass is 784 g/mol. The number of aromatic nitrogens is 1. The Hall–Kier alpha value is -5.82. The second-order valence-corrected chi connectivity index (χ2v) is 20.5. The normalized spacial score (nSPS) is 13.1. The van der Waals surface area contributed by atoms with E-state index >= 15 is 0 Å². The molecule has 4 aromatic heterocycles. The molecule has 12 rings (SSSR count). The Morgan fingerprint density at radius 3 is 2.09 bits per heavy atom. The van der Waals surface area contributed by atoms with Gasteiger partial charge < -0.3 is 14.3 Å². The summed E-state index contributed by atoms with van der Waals surface area (Å²) in [5, 5.41) is 12.8. The molecule has 5 heterocycles. The fourth-order valence-corrected chi connectivity index (χ4v) is 11.8. The second kappa shape index (κ2) is 11.9. The molecule has 0 amide bonds. The van der Waals surface area contributed by atoms with Crippen LogP contribution >= 0.6 is 22.7 Å². The quantitative estimate of drug-likeness (QED) is 0.181. The van der Waals surface area contributed by atoms with Gasteiger partial charge in [-0.2, -0.15) is 0 Å². The van der Waals surface area contributed by atoms with Crippen LogP contribution in [0.1, 0.15) is 52.7 Å². The summed E-state index contributed by atoms with van der Waals surface area (Å²) < 4.78 is 14.7. The van der Waals surface area contributed by atoms with E-state index in [0.717, 1.165) is 46.2 Å². The number of rotatable bonds is 3. The highest BCUT2D eigenvalue weighted by atomic mass is 32.1. The van der Waals surface area contributed by atoms with E-state index in [1.165, 1.54) is 84.7 Å². The number of fused-ring (bicyclic) bond motifs is 13. The summed E-state index contributed by atoms with van der Waals surface area (Å²) in [5.74, 6) is 0. The lowest BCUT2D eigenvalue weighted by molar-refractivity contribution is 0.590. The Kier molecular flexibility index (Phi) is 7.01. The summed E-state index contributed by atoms with van der Waals surface area (Å²) in [7, 11) is 0.859. The first-order valence-corrected chi connectivity index (χ1v) is 21.9. The molecule has 0 atom stereocenters. The molecule has 11 aromatic rings. The molecule has 0 spiro atoms. The SMILES string of the molecule is CC(C)(C)c1ccc(Nc2cc3c(cc2-c2ccc4c5cc6sc7ccccc7c6cc5n5c4c2Bc2sc4ccc(C(C)(C)C)cc4c2-5)oc2ccccc23)cc1. The third kappa shape index (κ3) is 4.98. The predicted molar refractivity (Wildman–Crippen MR) is 255 cm³/mol. The highest BCUT2D eigenvalue weighted by molar-refractivity contribution is 7.29. The average molecular weight is 785 g/mol. The molecule has 6 heteroatoms. The predicted octanol–water partition coefficient (Wildman–Crippen LogP) is 14.0. The minimum Gasteiger partial charge on any atom is -0.456 e. The minimum atomic E-state index is 0.0460. The molecule has 3 nitrogen and oxygen atoms in total. The third-order valence-electron chi connectivity index (χ3n) is 12.5. The third-order valence-corrected chi connectivity index (χ3v) is 14.8. The molecule has 58 heavy (non-hydrogen) atoms. The lowest BCUT2D eigenvalue weighted by atomic mass is 9.63. The van der Waals surface area contributed by atoms with Gasteiger partial charge in [0, 0.05) is 74.3 Å². The molecular weight excluding hydrogens is 744 g/mol. The number of nitrogens with one attached hydrogen (secondary N) is 1. The van der Waals surface area contributed by atoms with Crippen molar-refractivity contribution in [3.05, 3.63) is 139 Å². The molecular formula is C52H41BN2OS2. The largest absolute Gasteiger partial charge is 0.456 e. The van der Waals surface area contributed by atoms with E-state index in [0.29, 0.717) is 0 Å². The molecule has 1 aliphatic heterocycles. The van der Waals surface area contributed by atoms with Gasteiger partial charge in [-0.25, -0.2) is 0 Å². The standard InChI is InChI=1S/C52H41BN2OS2/c1-51(2,3)28-15-18-30(19-16-28)54-40-24-37-31-11-7-9-13-42(31)56-43(37)26-35(40)33-20-21-34-36-27-46-38(32-12-8-10-14-44(32)57-46)25-41(36)55-48(34)47(33)53-50-49(55)39-23-29(52(4,5)6)17-22-45(39)58-50/h7-27,53-54H,1-6H3. The van der Waals surface area contributed by atoms with Gasteiger partial charge >= 0.3 is 0 Å². The Morgan fingerprint density at radius 1 is 0.534 bits per heavy atom. The zero-order valence-corrected chi connectivity index (χ0v) is 35.1. The smallest absolute Gasteiger partial charge is 0.211 e. The number of nitrogens with zero attached hydrogens (tertiary/aromatic N) is 1. The van der Waals surface area contributed by atoms with Crippen molar-refractivity contribution in [1.82, 2.24) is 4.57 Å². The van der Waals surface area contributed by atoms with Crippen LogP contribution in [0.25, 0.3) is 90.8 Å². The van der Waals surface area contributed by atoms with E-state index < -0.39 is 0 Å². The fraction of sp³-hybridized carbons (Fsp3) is 0.154. The fourth-order valence-electron chi connectivity index (χ4n) is 9.49. The second-order valence-electron chi connectivity index (χ2n) is 18.2. The maximum atomic E-state index is 6.60. The van der Waals surface area contributed by atoms with E-state index in [1.807, 2.05) is 22.7 Å². The zero-order chi connectivity index (χ0) is 39.2. The lowest BCUT2D eigenvalue weighted by Gasteiger charge is -2.23. The summed E-state index contributed by atoms with van der Waals surface area (Å²) in [6.45, 7) is 13.8. The summed E-state index contributed by atoms with van der Waals surface area (Å²) >= 11 is 3.85. The van der Waals surface area contributed by atoms with Crippen LogP contribution in [-0.4, -0.2) is 11.8 Å². The van der Waals surface area contributed by atoms with Crippen molar-refractivity contribution < 1.29 is 4.42 Å². The van der Waals surface area contributed by atoms with Gasteiger partial charge in [0.15, 0.2) is 0 Å². The Bertz CT molecular complexity index is 3530. The maximum Gasteiger partial charge on any atom is 0.211 e. The van der Waals surface area contributed by atoms with Crippen molar-refractivity contribution in [3.63, 3.8) is 0 Å². The number of hydrogen-bond acceptors (Lipinski definition) is 4. The molecule has 0 radical (unpaired) electrons. The number of thiophene rings is 2. The van der Waals surface area contributed by atoms with Crippen molar-refractivity contribution in [2.75, 3.05) is 5.32 Å². The van der Waals surface area contributed by atoms with Gasteiger partial charge in [-0.05, 0) is 98.4 Å². The van der Waals surface area contributed by atoms with Crippen molar-refractivity contribution in [2.24, 2.45) is 0 Å². The van der Waals surface area contributed by atoms with Crippen LogP contribution in [0.5, 0.6) is 0 Å². The molecule has 0 saturated heterocycles. The number of anilines is 2. The molecule has 1 N–H and O–H groups in total. The van der Waals surface area contributed by atoms with Gasteiger partial charge in [-0.1, -0.05) is 108 Å². The average Bonchev–Trinajstić information content (AvgIpc) is 3.95. The molecule has 0 unspecified atom stereocenters. The van der Waals surface area contributed by atoms with Crippen molar-refractivity contribution >= 4 is 126 Å². The number of hydrogen-bond donors (Lipinski definition) is 1. The Labute approximate surface area is 345 Å². The maximum absolute atomic E-state index is 6.60. The minimum absolute atomic E-state index is 0.0460. The van der Waals surface area contributed by atoms with E-state index in [4.69, 9.17) is 4.42 Å². The van der Waals surface area contributed by atoms with Crippen molar-refractivity contribution in [3.8, 4) is 16.8 Å². The van der Waals surface area contributed by atoms with Gasteiger partial charge in [-0.3, -0.25) is 0 Å². The van der Waals surface area contributed by atoms with Crippen LogP contribution in [0.3, 0.4) is 0 Å². The van der Waals surface area contributed by atoms with Gasteiger partial charge in [0.05, 0.1) is 11.2 Å². The highest BCUT2D eigenvalue weighted by Crippen LogP contribution is 2.45. The number of para-hydroxylation sites is 1. The molecule has 0 bridgehead atoms. The van der Waals surface area contributed by atoms with Crippen LogP contribution in [0, 0.1) is 0 Å². The molecule has 1 aliphatic rings. The number of benzene rings is 7. The highest BCUT2D eigenvalue weighted by Gasteiger charge is 2.31. The molecule has 0 saturated carbocycles. The van der Waals surface area contributed by atoms with Crippen LogP contribution in [0.2, 0.25) is 0 Å². The van der Waals surface area contributed by atoms with Crippen LogP contribution in [0.4, 0.5) is 11.4 Å². The molecule has 0 aliphatic carbocycles. The van der Waals surface area contributed by atoms with Gasteiger partial charge in [-0.15, -0.1) is 22.7 Å². The number of furan rings is 1. The summed E-state index contributed by atoms with van der Waals surface area (Å²) in [6, 6.07) is 47.7. The topological polar surface area (TPSA) is 30.1 Å². The van der Waals surface area contributed by atoms with E-state index in [-0.39, 0.29) is 10.8 Å². The van der Waals surface area contributed by atoms with Crippen LogP contribution in [0.15, 0.2) is 132 Å². The first kappa shape index (κ1) is 34.2. The first-order chi connectivity index (χ1) is 28.0. The Balaban J connectivity index is 1.16. The van der Waals surface area contributed by atoms with E-state index in [1.54, 1.807) is 0 Å². The van der Waals surface area contributed by atoms with Crippen LogP contribution in [-0.2, 0) is 10.8 Å². The van der Waals surface area contributed by atoms with E-state index in [2.05, 4.69) is 179 Å². The van der Waals surface area contributed by atoms with Gasteiger partial charge in [0.1, 0.15) is 11.2 Å². The first-order valence-electron chi connectivity index (χ1n) is 20.3. The van der Waals surface area contributed by atoms with Gasteiger partial charge in [0.25, 0.3) is 0 Å². The molecule has 7 aromatic carbocycles. The molecule has 0 fully saturated rings. The summed E-state index contributed by atoms with van der Waals surface area (Å²) in [5.41, 5.74) is 14.4. The van der Waals surface area contributed by atoms with E-state index in [9.17, 15) is 0 Å². The zero-order valence-electron chi connectivity index (χ0n) is 33.5. The summed E-state index contributed by atoms with van der Waals surface area (Å²) in [6.07, 6.45) is 0. The summed E-state index contributed by atoms with van der Waals surface area (Å²) in [4.78, 5) is 0. The van der Waals surface area contributed by atoms with Gasteiger partial charge in [0.2, 0.25) is 7.28 Å².